The first-order valence-electron chi connectivity index (χ1n) is 13.2. The van der Waals surface area contributed by atoms with E-state index in [-0.39, 0.29) is 30.4 Å². The molecule has 0 spiro atoms. The third kappa shape index (κ3) is 5.91. The minimum Gasteiger partial charge on any atom is -0.484 e. The molecule has 40 heavy (non-hydrogen) atoms. The van der Waals surface area contributed by atoms with Crippen molar-refractivity contribution < 1.29 is 23.1 Å². The number of nitrogens with zero attached hydrogens (tertiary/aromatic N) is 6. The van der Waals surface area contributed by atoms with E-state index in [9.17, 15) is 9.18 Å². The number of halogens is 1. The van der Waals surface area contributed by atoms with Crippen molar-refractivity contribution in [2.24, 2.45) is 5.11 Å². The fourth-order valence-corrected chi connectivity index (χ4v) is 5.41. The van der Waals surface area contributed by atoms with Gasteiger partial charge in [0.1, 0.15) is 28.5 Å². The highest BCUT2D eigenvalue weighted by Gasteiger charge is 2.45. The van der Waals surface area contributed by atoms with Crippen molar-refractivity contribution in [3.05, 3.63) is 63.5 Å². The van der Waals surface area contributed by atoms with E-state index in [1.54, 1.807) is 19.2 Å². The van der Waals surface area contributed by atoms with E-state index in [1.165, 1.54) is 22.8 Å². The van der Waals surface area contributed by atoms with Crippen molar-refractivity contribution in [1.29, 1.82) is 0 Å². The van der Waals surface area contributed by atoms with E-state index in [1.807, 2.05) is 6.92 Å². The van der Waals surface area contributed by atoms with Crippen LogP contribution in [0.5, 0.6) is 5.75 Å². The molecule has 1 aliphatic heterocycles. The Hall–Kier alpha value is -3.67. The average Bonchev–Trinajstić information content (AvgIpc) is 3.47. The molecule has 0 bridgehead atoms. The topological polar surface area (TPSA) is 136 Å². The zero-order valence-electron chi connectivity index (χ0n) is 24.0. The molecular formula is C27H36FN7O4Si. The number of hydrogen-bond acceptors (Lipinski definition) is 8. The number of aromatic nitrogens is 3. The third-order valence-corrected chi connectivity index (χ3v) is 12.1. The van der Waals surface area contributed by atoms with Crippen LogP contribution in [0.15, 0.2) is 35.7 Å². The van der Waals surface area contributed by atoms with Gasteiger partial charge in [0.05, 0.1) is 32.0 Å². The lowest BCUT2D eigenvalue weighted by Gasteiger charge is -2.39. The second kappa shape index (κ2) is 11.1. The lowest BCUT2D eigenvalue weighted by Crippen LogP contribution is -2.49. The molecule has 13 heteroatoms. The Kier molecular flexibility index (Phi) is 8.11. The van der Waals surface area contributed by atoms with Gasteiger partial charge < -0.3 is 19.2 Å². The van der Waals surface area contributed by atoms with Crippen LogP contribution in [0.3, 0.4) is 0 Å². The normalized spacial score (nSPS) is 17.6. The van der Waals surface area contributed by atoms with Gasteiger partial charge in [-0.2, -0.15) is 5.10 Å². The van der Waals surface area contributed by atoms with Gasteiger partial charge in [-0.3, -0.25) is 0 Å². The van der Waals surface area contributed by atoms with E-state index in [4.69, 9.17) is 19.4 Å². The summed E-state index contributed by atoms with van der Waals surface area (Å²) >= 11 is 0. The predicted octanol–water partition coefficient (Wildman–Crippen LogP) is 6.22. The molecule has 1 aliphatic rings. The van der Waals surface area contributed by atoms with Crippen molar-refractivity contribution >= 4 is 25.8 Å². The first-order chi connectivity index (χ1) is 18.8. The summed E-state index contributed by atoms with van der Waals surface area (Å²) in [5.41, 5.74) is 9.98. The maximum atomic E-state index is 14.9. The number of azide groups is 1. The molecule has 2 aromatic heterocycles. The molecule has 1 N–H and O–H groups in total. The molecule has 0 amide bonds. The molecular weight excluding hydrogens is 533 g/mol. The van der Waals surface area contributed by atoms with Gasteiger partial charge in [0, 0.05) is 28.7 Å². The summed E-state index contributed by atoms with van der Waals surface area (Å²) < 4.78 is 34.5. The van der Waals surface area contributed by atoms with Crippen molar-refractivity contribution in [2.45, 2.75) is 70.8 Å². The van der Waals surface area contributed by atoms with Crippen LogP contribution in [-0.4, -0.2) is 54.2 Å². The van der Waals surface area contributed by atoms with Crippen LogP contribution in [0.25, 0.3) is 16.1 Å². The minimum atomic E-state index is -2.14. The van der Waals surface area contributed by atoms with Crippen molar-refractivity contribution in [2.75, 3.05) is 25.1 Å². The Labute approximate surface area is 233 Å². The number of carbonyl (C=O) groups excluding carboxylic acids is 1. The molecule has 3 heterocycles. The summed E-state index contributed by atoms with van der Waals surface area (Å²) in [5, 5.41) is 11.2. The third-order valence-electron chi connectivity index (χ3n) is 7.61. The van der Waals surface area contributed by atoms with Gasteiger partial charge in [-0.05, 0) is 55.7 Å². The lowest BCUT2D eigenvalue weighted by atomic mass is 9.96. The number of anilines is 1. The summed E-state index contributed by atoms with van der Waals surface area (Å²) in [5.74, 6) is 0.0807. The molecule has 2 atom stereocenters. The van der Waals surface area contributed by atoms with Gasteiger partial charge in [0.15, 0.2) is 14.0 Å². The van der Waals surface area contributed by atoms with Crippen molar-refractivity contribution in [3.8, 4) is 5.75 Å². The van der Waals surface area contributed by atoms with E-state index < -0.39 is 31.7 Å². The first-order valence-corrected chi connectivity index (χ1v) is 16.1. The second-order valence-corrected chi connectivity index (χ2v) is 16.4. The molecule has 0 saturated carbocycles. The van der Waals surface area contributed by atoms with Crippen molar-refractivity contribution in [3.63, 3.8) is 0 Å². The Morgan fingerprint density at radius 3 is 2.83 bits per heavy atom. The minimum absolute atomic E-state index is 0.0232. The molecule has 0 saturated heterocycles. The highest BCUT2D eigenvalue weighted by molar-refractivity contribution is 6.74. The fourth-order valence-electron chi connectivity index (χ4n) is 4.36. The van der Waals surface area contributed by atoms with Gasteiger partial charge >= 0.3 is 5.97 Å². The Bertz CT molecular complexity index is 1470. The fraction of sp³-hybridized carbons (Fsp3) is 0.519. The van der Waals surface area contributed by atoms with E-state index in [0.29, 0.717) is 34.8 Å². The van der Waals surface area contributed by atoms with Crippen LogP contribution >= 0.6 is 0 Å². The van der Waals surface area contributed by atoms with Gasteiger partial charge in [-0.1, -0.05) is 25.9 Å². The number of fused-ring (bicyclic) bond motifs is 2. The smallest absolute Gasteiger partial charge is 0.343 e. The van der Waals surface area contributed by atoms with E-state index in [0.717, 1.165) is 0 Å². The predicted molar refractivity (Wildman–Crippen MR) is 152 cm³/mol. The maximum absolute atomic E-state index is 14.9. The molecule has 0 aliphatic carbocycles. The summed E-state index contributed by atoms with van der Waals surface area (Å²) in [7, 11) is -2.14. The molecule has 214 valence electrons. The SMILES string of the molecule is CCOC(=O)c1cnn2ccc(N[C@H](C)c3cc(F)cc4c3OC(CN=[N+]=[N-])(CO[Si](C)(C)C(C)(C)C)C4)nc12. The monoisotopic (exact) mass is 569 g/mol. The maximum Gasteiger partial charge on any atom is 0.343 e. The number of hydrogen-bond donors (Lipinski definition) is 1. The molecule has 1 aromatic carbocycles. The standard InChI is InChI=1S/C27H36FN7O4Si/c1-8-37-25(36)21-14-31-35-10-9-22(33-24(21)35)32-17(2)20-12-19(28)11-18-13-27(15-30-34-29,39-23(18)20)16-38-40(6,7)26(3,4)5/h9-12,14,17H,8,13,15-16H2,1-7H3,(H,32,33)/t17-,27?/m1/s1. The Balaban J connectivity index is 1.62. The largest absolute Gasteiger partial charge is 0.484 e. The highest BCUT2D eigenvalue weighted by Crippen LogP contribution is 2.44. The van der Waals surface area contributed by atoms with Crippen molar-refractivity contribution in [1.82, 2.24) is 14.6 Å². The second-order valence-electron chi connectivity index (χ2n) is 11.6. The zero-order valence-corrected chi connectivity index (χ0v) is 25.0. The summed E-state index contributed by atoms with van der Waals surface area (Å²) in [6.45, 7) is 14.8. The number of esters is 1. The molecule has 11 nitrogen and oxygen atoms in total. The number of ether oxygens (including phenoxy) is 2. The Morgan fingerprint density at radius 2 is 2.15 bits per heavy atom. The van der Waals surface area contributed by atoms with Crippen LogP contribution in [0.2, 0.25) is 18.1 Å². The molecule has 0 fully saturated rings. The summed E-state index contributed by atoms with van der Waals surface area (Å²) in [4.78, 5) is 19.8. The highest BCUT2D eigenvalue weighted by atomic mass is 28.4. The molecule has 0 radical (unpaired) electrons. The van der Waals surface area contributed by atoms with E-state index in [2.05, 4.69) is 59.3 Å². The molecule has 1 unspecified atom stereocenters. The summed E-state index contributed by atoms with van der Waals surface area (Å²) in [6, 6.07) is 4.17. The number of rotatable bonds is 10. The van der Waals surface area contributed by atoms with Crippen LogP contribution in [0.1, 0.15) is 62.1 Å². The van der Waals surface area contributed by atoms with Gasteiger partial charge in [0.25, 0.3) is 0 Å². The zero-order chi connectivity index (χ0) is 29.3. The molecule has 4 rings (SSSR count). The number of carbonyl (C=O) groups is 1. The number of benzene rings is 1. The van der Waals surface area contributed by atoms with Crippen LogP contribution in [0, 0.1) is 5.82 Å². The van der Waals surface area contributed by atoms with Crippen LogP contribution < -0.4 is 10.1 Å². The first kappa shape index (κ1) is 29.3. The van der Waals surface area contributed by atoms with Gasteiger partial charge in [0.2, 0.25) is 0 Å². The van der Waals surface area contributed by atoms with Gasteiger partial charge in [-0.15, -0.1) is 0 Å². The lowest BCUT2D eigenvalue weighted by molar-refractivity contribution is 0.0401. The van der Waals surface area contributed by atoms with E-state index >= 15 is 0 Å². The van der Waals surface area contributed by atoms with Crippen LogP contribution in [0.4, 0.5) is 10.2 Å². The Morgan fingerprint density at radius 1 is 1.40 bits per heavy atom. The molecule has 3 aromatic rings. The number of nitrogens with one attached hydrogen (secondary N) is 1. The average molecular weight is 570 g/mol. The summed E-state index contributed by atoms with van der Waals surface area (Å²) in [6.07, 6.45) is 3.43. The van der Waals surface area contributed by atoms with Crippen LogP contribution in [-0.2, 0) is 15.6 Å². The quantitative estimate of drug-likeness (QED) is 0.101. The van der Waals surface area contributed by atoms with Gasteiger partial charge in [-0.25, -0.2) is 18.7 Å².